The van der Waals surface area contributed by atoms with E-state index in [2.05, 4.69) is 0 Å². The van der Waals surface area contributed by atoms with Crippen LogP contribution in [0.2, 0.25) is 0 Å². The second-order valence-electron chi connectivity index (χ2n) is 4.11. The third-order valence-corrected chi connectivity index (χ3v) is 3.72. The van der Waals surface area contributed by atoms with Crippen molar-refractivity contribution in [2.45, 2.75) is 29.9 Å². The molecule has 16 heavy (non-hydrogen) atoms. The molecule has 1 aliphatic carbocycles. The van der Waals surface area contributed by atoms with Crippen LogP contribution in [0.3, 0.4) is 0 Å². The number of ether oxygens (including phenoxy) is 1. The molecule has 88 valence electrons. The minimum absolute atomic E-state index is 0.00445. The first-order valence-electron chi connectivity index (χ1n) is 5.10. The highest BCUT2D eigenvalue weighted by atomic mass is 32.2. The predicted molar refractivity (Wildman–Crippen MR) is 59.2 cm³/mol. The number of aliphatic hydroxyl groups excluding tert-OH is 1. The number of hydrogen-bond donors (Lipinski definition) is 1. The van der Waals surface area contributed by atoms with Crippen molar-refractivity contribution in [3.05, 3.63) is 24.3 Å². The van der Waals surface area contributed by atoms with Gasteiger partial charge in [0.1, 0.15) is 11.9 Å². The molecule has 1 fully saturated rings. The maximum atomic E-state index is 11.3. The van der Waals surface area contributed by atoms with E-state index in [0.717, 1.165) is 0 Å². The number of sulfone groups is 1. The van der Waals surface area contributed by atoms with Crippen LogP contribution in [0.25, 0.3) is 0 Å². The molecule has 0 atom stereocenters. The number of aliphatic hydroxyl groups is 1. The Morgan fingerprint density at radius 3 is 2.62 bits per heavy atom. The van der Waals surface area contributed by atoms with Crippen LogP contribution in [0.1, 0.15) is 12.8 Å². The van der Waals surface area contributed by atoms with E-state index in [1.165, 1.54) is 18.4 Å². The summed E-state index contributed by atoms with van der Waals surface area (Å²) in [4.78, 5) is 0.255. The van der Waals surface area contributed by atoms with Crippen molar-refractivity contribution < 1.29 is 18.3 Å². The molecular formula is C11H14O4S. The Balaban J connectivity index is 2.11. The Bertz CT molecular complexity index is 475. The Morgan fingerprint density at radius 1 is 1.38 bits per heavy atom. The van der Waals surface area contributed by atoms with E-state index in [1.54, 1.807) is 12.1 Å². The van der Waals surface area contributed by atoms with Crippen LogP contribution in [-0.4, -0.2) is 32.0 Å². The molecular weight excluding hydrogens is 228 g/mol. The molecule has 1 aromatic carbocycles. The minimum atomic E-state index is -3.19. The van der Waals surface area contributed by atoms with E-state index < -0.39 is 9.84 Å². The second-order valence-corrected chi connectivity index (χ2v) is 6.13. The molecule has 1 aromatic rings. The Labute approximate surface area is 94.8 Å². The van der Waals surface area contributed by atoms with E-state index in [0.29, 0.717) is 18.6 Å². The first-order valence-corrected chi connectivity index (χ1v) is 6.99. The monoisotopic (exact) mass is 242 g/mol. The van der Waals surface area contributed by atoms with E-state index >= 15 is 0 Å². The van der Waals surface area contributed by atoms with Crippen molar-refractivity contribution in [3.8, 4) is 5.75 Å². The van der Waals surface area contributed by atoms with Gasteiger partial charge in [0, 0.05) is 19.1 Å². The fourth-order valence-corrected chi connectivity index (χ4v) is 2.26. The van der Waals surface area contributed by atoms with Crippen molar-refractivity contribution in [1.82, 2.24) is 0 Å². The first kappa shape index (κ1) is 11.4. The molecule has 5 heteroatoms. The van der Waals surface area contributed by atoms with Gasteiger partial charge in [-0.05, 0) is 18.2 Å². The van der Waals surface area contributed by atoms with Crippen LogP contribution in [0.15, 0.2) is 29.2 Å². The van der Waals surface area contributed by atoms with Crippen LogP contribution < -0.4 is 4.74 Å². The van der Waals surface area contributed by atoms with Gasteiger partial charge in [-0.15, -0.1) is 0 Å². The van der Waals surface area contributed by atoms with Crippen molar-refractivity contribution >= 4 is 9.84 Å². The highest BCUT2D eigenvalue weighted by Crippen LogP contribution is 2.26. The zero-order chi connectivity index (χ0) is 11.8. The molecule has 0 aliphatic heterocycles. The normalized spacial score (nSPS) is 24.9. The van der Waals surface area contributed by atoms with Crippen molar-refractivity contribution in [2.75, 3.05) is 6.26 Å². The van der Waals surface area contributed by atoms with Crippen LogP contribution in [0.5, 0.6) is 5.75 Å². The maximum absolute atomic E-state index is 11.3. The summed E-state index contributed by atoms with van der Waals surface area (Å²) in [7, 11) is -3.19. The summed E-state index contributed by atoms with van der Waals surface area (Å²) in [5.41, 5.74) is 0. The van der Waals surface area contributed by atoms with Crippen LogP contribution in [-0.2, 0) is 9.84 Å². The molecule has 0 aromatic heterocycles. The van der Waals surface area contributed by atoms with Crippen molar-refractivity contribution in [3.63, 3.8) is 0 Å². The molecule has 1 N–H and O–H groups in total. The van der Waals surface area contributed by atoms with E-state index in [1.807, 2.05) is 0 Å². The average Bonchev–Trinajstić information content (AvgIpc) is 2.14. The van der Waals surface area contributed by atoms with Crippen LogP contribution >= 0.6 is 0 Å². The largest absolute Gasteiger partial charge is 0.490 e. The van der Waals surface area contributed by atoms with E-state index in [4.69, 9.17) is 9.84 Å². The third-order valence-electron chi connectivity index (χ3n) is 2.61. The molecule has 0 spiro atoms. The summed E-state index contributed by atoms with van der Waals surface area (Å²) in [6.07, 6.45) is 2.12. The zero-order valence-electron chi connectivity index (χ0n) is 8.96. The molecule has 0 amide bonds. The van der Waals surface area contributed by atoms with Gasteiger partial charge in [-0.2, -0.15) is 0 Å². The Hall–Kier alpha value is -1.07. The summed E-state index contributed by atoms with van der Waals surface area (Å²) >= 11 is 0. The molecule has 0 heterocycles. The van der Waals surface area contributed by atoms with Crippen LogP contribution in [0, 0.1) is 0 Å². The fraction of sp³-hybridized carbons (Fsp3) is 0.455. The van der Waals surface area contributed by atoms with Gasteiger partial charge in [0.2, 0.25) is 0 Å². The number of hydrogen-bond acceptors (Lipinski definition) is 4. The second kappa shape index (κ2) is 4.07. The molecule has 1 saturated carbocycles. The van der Waals surface area contributed by atoms with Gasteiger partial charge in [-0.3, -0.25) is 0 Å². The first-order chi connectivity index (χ1) is 7.45. The standard InChI is InChI=1S/C11H14O4S/c1-16(13,14)11-4-2-3-9(7-11)15-10-5-8(12)6-10/h2-4,7-8,10,12H,5-6H2,1H3. The summed E-state index contributed by atoms with van der Waals surface area (Å²) in [6.45, 7) is 0. The predicted octanol–water partition coefficient (Wildman–Crippen LogP) is 0.992. The molecule has 1 aliphatic rings. The van der Waals surface area contributed by atoms with Gasteiger partial charge in [0.05, 0.1) is 11.0 Å². The summed E-state index contributed by atoms with van der Waals surface area (Å²) in [5, 5.41) is 9.10. The van der Waals surface area contributed by atoms with E-state index in [9.17, 15) is 8.42 Å². The molecule has 0 saturated heterocycles. The third kappa shape index (κ3) is 2.54. The fourth-order valence-electron chi connectivity index (χ4n) is 1.60. The lowest BCUT2D eigenvalue weighted by Gasteiger charge is -2.31. The molecule has 0 radical (unpaired) electrons. The van der Waals surface area contributed by atoms with Gasteiger partial charge in [-0.1, -0.05) is 6.07 Å². The molecule has 0 bridgehead atoms. The SMILES string of the molecule is CS(=O)(=O)c1cccc(OC2CC(O)C2)c1. The molecule has 0 unspecified atom stereocenters. The Morgan fingerprint density at radius 2 is 2.06 bits per heavy atom. The lowest BCUT2D eigenvalue weighted by Crippen LogP contribution is -2.37. The topological polar surface area (TPSA) is 63.6 Å². The highest BCUT2D eigenvalue weighted by Gasteiger charge is 2.29. The molecule has 4 nitrogen and oxygen atoms in total. The zero-order valence-corrected chi connectivity index (χ0v) is 9.78. The lowest BCUT2D eigenvalue weighted by atomic mass is 9.92. The number of rotatable bonds is 3. The van der Waals surface area contributed by atoms with Crippen molar-refractivity contribution in [2.24, 2.45) is 0 Å². The van der Waals surface area contributed by atoms with Gasteiger partial charge >= 0.3 is 0 Å². The van der Waals surface area contributed by atoms with E-state index in [-0.39, 0.29) is 17.1 Å². The lowest BCUT2D eigenvalue weighted by molar-refractivity contribution is -0.0108. The van der Waals surface area contributed by atoms with Crippen LogP contribution in [0.4, 0.5) is 0 Å². The average molecular weight is 242 g/mol. The Kier molecular flexibility index (Phi) is 2.90. The van der Waals surface area contributed by atoms with Crippen molar-refractivity contribution in [1.29, 1.82) is 0 Å². The minimum Gasteiger partial charge on any atom is -0.490 e. The van der Waals surface area contributed by atoms with Gasteiger partial charge in [-0.25, -0.2) is 8.42 Å². The van der Waals surface area contributed by atoms with Gasteiger partial charge < -0.3 is 9.84 Å². The summed E-state index contributed by atoms with van der Waals surface area (Å²) < 4.78 is 28.2. The summed E-state index contributed by atoms with van der Waals surface area (Å²) in [5.74, 6) is 0.542. The van der Waals surface area contributed by atoms with Gasteiger partial charge in [0.25, 0.3) is 0 Å². The number of benzene rings is 1. The summed E-state index contributed by atoms with van der Waals surface area (Å²) in [6, 6.07) is 6.43. The quantitative estimate of drug-likeness (QED) is 0.858. The highest BCUT2D eigenvalue weighted by molar-refractivity contribution is 7.90. The molecule has 2 rings (SSSR count). The van der Waals surface area contributed by atoms with Gasteiger partial charge in [0.15, 0.2) is 9.84 Å². The smallest absolute Gasteiger partial charge is 0.175 e. The maximum Gasteiger partial charge on any atom is 0.175 e.